The number of nitrogens with two attached hydrogens (primary N) is 2. The normalized spacial score (nSPS) is 23.0. The van der Waals surface area contributed by atoms with E-state index >= 15 is 0 Å². The molecule has 1 saturated carbocycles. The van der Waals surface area contributed by atoms with Crippen LogP contribution in [0.5, 0.6) is 0 Å². The quantitative estimate of drug-likeness (QED) is 0.439. The van der Waals surface area contributed by atoms with Gasteiger partial charge in [-0.15, -0.1) is 0 Å². The van der Waals surface area contributed by atoms with E-state index in [1.807, 2.05) is 0 Å². The van der Waals surface area contributed by atoms with Crippen LogP contribution in [0.3, 0.4) is 0 Å². The predicted molar refractivity (Wildman–Crippen MR) is 84.8 cm³/mol. The Labute approximate surface area is 122 Å². The Morgan fingerprint density at radius 1 is 0.800 bits per heavy atom. The zero-order valence-electron chi connectivity index (χ0n) is 12.6. The van der Waals surface area contributed by atoms with Gasteiger partial charge in [0.05, 0.1) is 6.04 Å². The molecule has 5 heteroatoms. The highest BCUT2D eigenvalue weighted by atomic mass is 15.3. The predicted octanol–water partition coefficient (Wildman–Crippen LogP) is 2.21. The van der Waals surface area contributed by atoms with E-state index in [-0.39, 0.29) is 5.96 Å². The van der Waals surface area contributed by atoms with E-state index in [0.717, 1.165) is 19.0 Å². The van der Waals surface area contributed by atoms with E-state index < -0.39 is 0 Å². The maximum absolute atomic E-state index is 5.60. The molecule has 5 nitrogen and oxygen atoms in total. The zero-order chi connectivity index (χ0) is 14.2. The fraction of sp³-hybridized carbons (Fsp3) is 0.867. The second-order valence-electron chi connectivity index (χ2n) is 6.01. The minimum atomic E-state index is 0.126. The zero-order valence-corrected chi connectivity index (χ0v) is 12.6. The molecule has 2 aliphatic rings. The highest BCUT2D eigenvalue weighted by molar-refractivity contribution is 5.93. The van der Waals surface area contributed by atoms with Crippen molar-refractivity contribution in [3.8, 4) is 0 Å². The highest BCUT2D eigenvalue weighted by Crippen LogP contribution is 2.21. The molecular weight excluding hydrogens is 250 g/mol. The Kier molecular flexibility index (Phi) is 6.15. The number of likely N-dealkylation sites (tertiary alicyclic amines) is 1. The summed E-state index contributed by atoms with van der Waals surface area (Å²) in [6.07, 6.45) is 12.6. The van der Waals surface area contributed by atoms with Crippen LogP contribution in [0.15, 0.2) is 9.98 Å². The third-order valence-corrected chi connectivity index (χ3v) is 4.24. The molecule has 1 aliphatic heterocycles. The second kappa shape index (κ2) is 8.12. The van der Waals surface area contributed by atoms with E-state index in [2.05, 4.69) is 9.89 Å². The van der Waals surface area contributed by atoms with Gasteiger partial charge in [-0.05, 0) is 25.7 Å². The van der Waals surface area contributed by atoms with Gasteiger partial charge in [0.1, 0.15) is 0 Å². The van der Waals surface area contributed by atoms with Gasteiger partial charge in [-0.3, -0.25) is 0 Å². The lowest BCUT2D eigenvalue weighted by atomic mass is 10.1. The molecule has 2 fully saturated rings. The van der Waals surface area contributed by atoms with Gasteiger partial charge in [0.15, 0.2) is 5.96 Å². The lowest BCUT2D eigenvalue weighted by molar-refractivity contribution is 0.423. The maximum Gasteiger partial charge on any atom is 0.224 e. The molecule has 0 amide bonds. The summed E-state index contributed by atoms with van der Waals surface area (Å²) in [5.41, 5.74) is 11.2. The fourth-order valence-corrected chi connectivity index (χ4v) is 3.12. The Bertz CT molecular complexity index is 330. The molecule has 0 atom stereocenters. The molecule has 4 N–H and O–H groups in total. The molecule has 0 aromatic rings. The third kappa shape index (κ3) is 5.02. The molecule has 0 aromatic carbocycles. The van der Waals surface area contributed by atoms with Crippen molar-refractivity contribution >= 4 is 11.9 Å². The van der Waals surface area contributed by atoms with Crippen molar-refractivity contribution in [2.24, 2.45) is 21.5 Å². The van der Waals surface area contributed by atoms with Gasteiger partial charge >= 0.3 is 0 Å². The van der Waals surface area contributed by atoms with E-state index in [1.165, 1.54) is 64.2 Å². The molecule has 1 saturated heterocycles. The van der Waals surface area contributed by atoms with Crippen LogP contribution in [-0.4, -0.2) is 36.0 Å². The SMILES string of the molecule is NC(N)=NC(=NC1CCCCCC1)N1CCCCCC1. The molecule has 0 radical (unpaired) electrons. The third-order valence-electron chi connectivity index (χ3n) is 4.24. The van der Waals surface area contributed by atoms with Crippen LogP contribution in [0.25, 0.3) is 0 Å². The van der Waals surface area contributed by atoms with Gasteiger partial charge in [-0.2, -0.15) is 4.99 Å². The Hall–Kier alpha value is -1.26. The monoisotopic (exact) mass is 279 g/mol. The first kappa shape index (κ1) is 15.1. The van der Waals surface area contributed by atoms with E-state index in [0.29, 0.717) is 6.04 Å². The van der Waals surface area contributed by atoms with E-state index in [1.54, 1.807) is 0 Å². The van der Waals surface area contributed by atoms with Gasteiger partial charge in [-0.1, -0.05) is 38.5 Å². The van der Waals surface area contributed by atoms with Crippen LogP contribution < -0.4 is 11.5 Å². The summed E-state index contributed by atoms with van der Waals surface area (Å²) in [5, 5.41) is 0. The highest BCUT2D eigenvalue weighted by Gasteiger charge is 2.17. The van der Waals surface area contributed by atoms with Crippen LogP contribution >= 0.6 is 0 Å². The van der Waals surface area contributed by atoms with Crippen molar-refractivity contribution in [2.45, 2.75) is 70.3 Å². The molecular formula is C15H29N5. The van der Waals surface area contributed by atoms with E-state index in [4.69, 9.17) is 16.5 Å². The minimum absolute atomic E-state index is 0.126. The minimum Gasteiger partial charge on any atom is -0.370 e. The molecule has 0 unspecified atom stereocenters. The molecule has 2 rings (SSSR count). The average molecular weight is 279 g/mol. The summed E-state index contributed by atoms with van der Waals surface area (Å²) in [7, 11) is 0. The smallest absolute Gasteiger partial charge is 0.224 e. The summed E-state index contributed by atoms with van der Waals surface area (Å²) in [5.74, 6) is 0.903. The van der Waals surface area contributed by atoms with Crippen molar-refractivity contribution in [3.63, 3.8) is 0 Å². The summed E-state index contributed by atoms with van der Waals surface area (Å²) < 4.78 is 0. The average Bonchev–Trinajstić information content (AvgIpc) is 2.81. The van der Waals surface area contributed by atoms with Gasteiger partial charge < -0.3 is 16.4 Å². The van der Waals surface area contributed by atoms with Gasteiger partial charge in [0.25, 0.3) is 0 Å². The van der Waals surface area contributed by atoms with Crippen LogP contribution in [0, 0.1) is 0 Å². The number of hydrogen-bond acceptors (Lipinski definition) is 1. The van der Waals surface area contributed by atoms with Crippen molar-refractivity contribution in [3.05, 3.63) is 0 Å². The number of rotatable bonds is 1. The van der Waals surface area contributed by atoms with Gasteiger partial charge in [0.2, 0.25) is 5.96 Å². The topological polar surface area (TPSA) is 80.0 Å². The number of aliphatic imine (C=N–C) groups is 2. The second-order valence-corrected chi connectivity index (χ2v) is 6.01. The first-order valence-electron chi connectivity index (χ1n) is 8.18. The van der Waals surface area contributed by atoms with Crippen molar-refractivity contribution in [2.75, 3.05) is 13.1 Å². The number of nitrogens with zero attached hydrogens (tertiary/aromatic N) is 3. The van der Waals surface area contributed by atoms with Crippen LogP contribution in [0.2, 0.25) is 0 Å². The molecule has 1 aliphatic carbocycles. The van der Waals surface area contributed by atoms with Gasteiger partial charge in [0, 0.05) is 13.1 Å². The molecule has 20 heavy (non-hydrogen) atoms. The summed E-state index contributed by atoms with van der Waals surface area (Å²) in [6.45, 7) is 2.06. The molecule has 0 aromatic heterocycles. The summed E-state index contributed by atoms with van der Waals surface area (Å²) in [4.78, 5) is 11.5. The van der Waals surface area contributed by atoms with Crippen LogP contribution in [0.1, 0.15) is 64.2 Å². The van der Waals surface area contributed by atoms with Crippen molar-refractivity contribution in [1.82, 2.24) is 4.90 Å². The standard InChI is InChI=1S/C15H29N5/c16-14(17)19-15(20-11-7-3-4-8-12-20)18-13-9-5-1-2-6-10-13/h13H,1-12H2,(H4,16,17,18,19). The number of guanidine groups is 2. The first-order valence-corrected chi connectivity index (χ1v) is 8.18. The lowest BCUT2D eigenvalue weighted by Gasteiger charge is -2.23. The largest absolute Gasteiger partial charge is 0.370 e. The Morgan fingerprint density at radius 3 is 1.90 bits per heavy atom. The summed E-state index contributed by atoms with van der Waals surface area (Å²) >= 11 is 0. The Balaban J connectivity index is 2.10. The maximum atomic E-state index is 5.60. The Morgan fingerprint density at radius 2 is 1.35 bits per heavy atom. The van der Waals surface area contributed by atoms with Crippen molar-refractivity contribution < 1.29 is 0 Å². The van der Waals surface area contributed by atoms with Crippen molar-refractivity contribution in [1.29, 1.82) is 0 Å². The van der Waals surface area contributed by atoms with Gasteiger partial charge in [-0.25, -0.2) is 4.99 Å². The first-order chi connectivity index (χ1) is 9.75. The van der Waals surface area contributed by atoms with E-state index in [9.17, 15) is 0 Å². The molecule has 1 heterocycles. The number of hydrogen-bond donors (Lipinski definition) is 2. The fourth-order valence-electron chi connectivity index (χ4n) is 3.12. The molecule has 114 valence electrons. The molecule has 0 spiro atoms. The van der Waals surface area contributed by atoms with Crippen LogP contribution in [-0.2, 0) is 0 Å². The molecule has 0 bridgehead atoms. The lowest BCUT2D eigenvalue weighted by Crippen LogP contribution is -2.35. The van der Waals surface area contributed by atoms with Crippen LogP contribution in [0.4, 0.5) is 0 Å². The summed E-state index contributed by atoms with van der Waals surface area (Å²) in [6, 6.07) is 0.402.